The molecule has 0 aliphatic rings. The van der Waals surface area contributed by atoms with Crippen LogP contribution < -0.4 is 11.3 Å². The van der Waals surface area contributed by atoms with Gasteiger partial charge in [0.15, 0.2) is 0 Å². The van der Waals surface area contributed by atoms with Crippen molar-refractivity contribution in [1.29, 1.82) is 0 Å². The molecule has 0 aliphatic heterocycles. The topological polar surface area (TPSA) is 71.8 Å². The monoisotopic (exact) mass is 265 g/mol. The van der Waals surface area contributed by atoms with Crippen LogP contribution in [-0.2, 0) is 6.42 Å². The highest BCUT2D eigenvalue weighted by molar-refractivity contribution is 5.85. The van der Waals surface area contributed by atoms with Crippen LogP contribution in [0.5, 0.6) is 0 Å². The van der Waals surface area contributed by atoms with Crippen molar-refractivity contribution in [2.45, 2.75) is 13.3 Å². The van der Waals surface area contributed by atoms with Gasteiger partial charge in [0.1, 0.15) is 0 Å². The summed E-state index contributed by atoms with van der Waals surface area (Å²) in [5.74, 6) is 0.161. The van der Waals surface area contributed by atoms with Crippen LogP contribution in [0.1, 0.15) is 16.8 Å². The van der Waals surface area contributed by atoms with Crippen LogP contribution in [0.25, 0.3) is 10.8 Å². The number of aryl methyl sites for hydroxylation is 1. The van der Waals surface area contributed by atoms with Crippen LogP contribution in [-0.4, -0.2) is 9.97 Å². The maximum atomic E-state index is 12.0. The average Bonchev–Trinajstić information content (AvgIpc) is 2.43. The lowest BCUT2D eigenvalue weighted by molar-refractivity contribution is 0.995. The van der Waals surface area contributed by atoms with Gasteiger partial charge in [-0.3, -0.25) is 9.78 Å². The Labute approximate surface area is 116 Å². The fourth-order valence-corrected chi connectivity index (χ4v) is 2.48. The van der Waals surface area contributed by atoms with Gasteiger partial charge in [-0.2, -0.15) is 0 Å². The third kappa shape index (κ3) is 2.16. The second-order valence-electron chi connectivity index (χ2n) is 4.83. The van der Waals surface area contributed by atoms with Gasteiger partial charge in [0.25, 0.3) is 5.56 Å². The van der Waals surface area contributed by atoms with Crippen molar-refractivity contribution in [3.05, 3.63) is 69.6 Å². The van der Waals surface area contributed by atoms with Gasteiger partial charge in [0.2, 0.25) is 5.95 Å². The maximum absolute atomic E-state index is 12.0. The number of nitrogen functional groups attached to an aromatic ring is 1. The molecule has 0 radical (unpaired) electrons. The molecule has 0 atom stereocenters. The summed E-state index contributed by atoms with van der Waals surface area (Å²) in [6.07, 6.45) is 0.551. The van der Waals surface area contributed by atoms with Crippen molar-refractivity contribution >= 4 is 16.7 Å². The Hall–Kier alpha value is -2.62. The van der Waals surface area contributed by atoms with Crippen molar-refractivity contribution in [3.63, 3.8) is 0 Å². The molecule has 100 valence electrons. The Morgan fingerprint density at radius 1 is 1.15 bits per heavy atom. The third-order valence-electron chi connectivity index (χ3n) is 3.49. The Morgan fingerprint density at radius 2 is 1.90 bits per heavy atom. The van der Waals surface area contributed by atoms with E-state index in [-0.39, 0.29) is 11.5 Å². The van der Waals surface area contributed by atoms with E-state index < -0.39 is 0 Å². The summed E-state index contributed by atoms with van der Waals surface area (Å²) in [6.45, 7) is 1.81. The van der Waals surface area contributed by atoms with Gasteiger partial charge in [-0.25, -0.2) is 4.98 Å². The number of hydrogen-bond acceptors (Lipinski definition) is 3. The van der Waals surface area contributed by atoms with Gasteiger partial charge in [0, 0.05) is 12.0 Å². The van der Waals surface area contributed by atoms with E-state index >= 15 is 0 Å². The molecule has 0 saturated carbocycles. The molecule has 4 heteroatoms. The Morgan fingerprint density at radius 3 is 2.70 bits per heavy atom. The summed E-state index contributed by atoms with van der Waals surface area (Å²) in [7, 11) is 0. The zero-order valence-corrected chi connectivity index (χ0v) is 11.2. The van der Waals surface area contributed by atoms with Gasteiger partial charge in [-0.15, -0.1) is 0 Å². The van der Waals surface area contributed by atoms with Crippen molar-refractivity contribution < 1.29 is 0 Å². The molecule has 0 spiro atoms. The Bertz CT molecular complexity index is 831. The summed E-state index contributed by atoms with van der Waals surface area (Å²) in [6, 6.07) is 14.3. The van der Waals surface area contributed by atoms with Crippen LogP contribution in [0, 0.1) is 6.92 Å². The van der Waals surface area contributed by atoms with Crippen molar-refractivity contribution in [1.82, 2.24) is 9.97 Å². The van der Waals surface area contributed by atoms with Gasteiger partial charge in [-0.05, 0) is 23.3 Å². The Balaban J connectivity index is 2.13. The second-order valence-corrected chi connectivity index (χ2v) is 4.83. The average molecular weight is 265 g/mol. The standard InChI is InChI=1S/C16H15N3O/c1-10-14(15(20)19-16(17)18-10)9-12-7-4-6-11-5-2-3-8-13(11)12/h2-8H,9H2,1H3,(H3,17,18,19,20). The molecule has 1 heterocycles. The van der Waals surface area contributed by atoms with Crippen LogP contribution in [0.3, 0.4) is 0 Å². The van der Waals surface area contributed by atoms with E-state index in [0.29, 0.717) is 17.7 Å². The number of anilines is 1. The molecule has 0 bridgehead atoms. The summed E-state index contributed by atoms with van der Waals surface area (Å²) in [5.41, 5.74) is 7.84. The molecule has 0 unspecified atom stereocenters. The van der Waals surface area contributed by atoms with Gasteiger partial charge in [0.05, 0.1) is 5.69 Å². The number of nitrogens with two attached hydrogens (primary N) is 1. The van der Waals surface area contributed by atoms with Crippen LogP contribution in [0.2, 0.25) is 0 Å². The largest absolute Gasteiger partial charge is 0.369 e. The number of aromatic amines is 1. The van der Waals surface area contributed by atoms with Gasteiger partial charge >= 0.3 is 0 Å². The maximum Gasteiger partial charge on any atom is 0.256 e. The molecule has 0 fully saturated rings. The Kier molecular flexibility index (Phi) is 2.99. The first kappa shape index (κ1) is 12.4. The highest BCUT2D eigenvalue weighted by Gasteiger charge is 2.09. The van der Waals surface area contributed by atoms with Crippen LogP contribution >= 0.6 is 0 Å². The second kappa shape index (κ2) is 4.81. The van der Waals surface area contributed by atoms with Crippen molar-refractivity contribution in [2.75, 3.05) is 5.73 Å². The normalized spacial score (nSPS) is 10.8. The minimum Gasteiger partial charge on any atom is -0.369 e. The number of hydrogen-bond donors (Lipinski definition) is 2. The first-order chi connectivity index (χ1) is 9.65. The fourth-order valence-electron chi connectivity index (χ4n) is 2.48. The van der Waals surface area contributed by atoms with Gasteiger partial charge < -0.3 is 5.73 Å². The summed E-state index contributed by atoms with van der Waals surface area (Å²) in [4.78, 5) is 18.7. The zero-order chi connectivity index (χ0) is 14.1. The molecule has 20 heavy (non-hydrogen) atoms. The molecule has 0 amide bonds. The number of H-pyrrole nitrogens is 1. The molecule has 3 N–H and O–H groups in total. The molecular weight excluding hydrogens is 250 g/mol. The van der Waals surface area contributed by atoms with Gasteiger partial charge in [-0.1, -0.05) is 42.5 Å². The van der Waals surface area contributed by atoms with Crippen molar-refractivity contribution in [3.8, 4) is 0 Å². The lowest BCUT2D eigenvalue weighted by Crippen LogP contribution is -2.18. The number of aromatic nitrogens is 2. The summed E-state index contributed by atoms with van der Waals surface area (Å²) >= 11 is 0. The predicted octanol–water partition coefficient (Wildman–Crippen LogP) is 2.40. The number of nitrogens with one attached hydrogen (secondary N) is 1. The van der Waals surface area contributed by atoms with Crippen molar-refractivity contribution in [2.24, 2.45) is 0 Å². The summed E-state index contributed by atoms with van der Waals surface area (Å²) < 4.78 is 0. The lowest BCUT2D eigenvalue weighted by atomic mass is 9.98. The molecule has 0 aliphatic carbocycles. The number of fused-ring (bicyclic) bond motifs is 1. The van der Waals surface area contributed by atoms with E-state index in [4.69, 9.17) is 5.73 Å². The molecule has 0 saturated heterocycles. The smallest absolute Gasteiger partial charge is 0.256 e. The molecule has 4 nitrogen and oxygen atoms in total. The van der Waals surface area contributed by atoms with E-state index in [1.165, 1.54) is 5.39 Å². The number of benzene rings is 2. The van der Waals surface area contributed by atoms with E-state index in [9.17, 15) is 4.79 Å². The highest BCUT2D eigenvalue weighted by Crippen LogP contribution is 2.21. The third-order valence-corrected chi connectivity index (χ3v) is 3.49. The van der Waals surface area contributed by atoms with E-state index in [1.807, 2.05) is 31.2 Å². The summed E-state index contributed by atoms with van der Waals surface area (Å²) in [5, 5.41) is 2.33. The molecule has 3 aromatic rings. The predicted molar refractivity (Wildman–Crippen MR) is 80.8 cm³/mol. The highest BCUT2D eigenvalue weighted by atomic mass is 16.1. The first-order valence-electron chi connectivity index (χ1n) is 6.47. The lowest BCUT2D eigenvalue weighted by Gasteiger charge is -2.08. The fraction of sp³-hybridized carbons (Fsp3) is 0.125. The van der Waals surface area contributed by atoms with E-state index in [2.05, 4.69) is 28.2 Å². The first-order valence-corrected chi connectivity index (χ1v) is 6.47. The SMILES string of the molecule is Cc1nc(N)[nH]c(=O)c1Cc1cccc2ccccc12. The molecule has 3 rings (SSSR count). The minimum atomic E-state index is -0.164. The minimum absolute atomic E-state index is 0.161. The molecular formula is C16H15N3O. The van der Waals surface area contributed by atoms with E-state index in [1.54, 1.807) is 0 Å². The molecule has 1 aromatic heterocycles. The van der Waals surface area contributed by atoms with Crippen LogP contribution in [0.4, 0.5) is 5.95 Å². The number of rotatable bonds is 2. The van der Waals surface area contributed by atoms with Crippen LogP contribution in [0.15, 0.2) is 47.3 Å². The zero-order valence-electron chi connectivity index (χ0n) is 11.2. The number of nitrogens with zero attached hydrogens (tertiary/aromatic N) is 1. The quantitative estimate of drug-likeness (QED) is 0.747. The van der Waals surface area contributed by atoms with E-state index in [0.717, 1.165) is 10.9 Å². The molecule has 2 aromatic carbocycles.